The second-order valence-electron chi connectivity index (χ2n) is 16.7. The van der Waals surface area contributed by atoms with Crippen molar-refractivity contribution in [1.82, 2.24) is 34.0 Å². The molecular weight excluding hydrogens is 554 g/mol. The summed E-state index contributed by atoms with van der Waals surface area (Å²) in [5.41, 5.74) is 5.68. The number of aromatic nitrogens is 6. The summed E-state index contributed by atoms with van der Waals surface area (Å²) in [7, 11) is 4.24. The van der Waals surface area contributed by atoms with Gasteiger partial charge in [0.25, 0.3) is 0 Å². The number of likely N-dealkylation sites (N-methyl/N-ethyl adjacent to an activating group) is 1. The summed E-state index contributed by atoms with van der Waals surface area (Å²) >= 11 is 0. The number of fused-ring (bicyclic) bond motifs is 2. The highest BCUT2D eigenvalue weighted by atomic mass is 15.1. The summed E-state index contributed by atoms with van der Waals surface area (Å²) in [6.45, 7) is 26.4. The Morgan fingerprint density at radius 3 is 1.84 bits per heavy atom. The third kappa shape index (κ3) is 6.55. The number of rotatable bonds is 7. The van der Waals surface area contributed by atoms with E-state index in [-0.39, 0.29) is 21.7 Å². The van der Waals surface area contributed by atoms with Crippen molar-refractivity contribution in [3.05, 3.63) is 77.4 Å². The Bertz CT molecular complexity index is 1820. The van der Waals surface area contributed by atoms with E-state index in [2.05, 4.69) is 147 Å². The highest BCUT2D eigenvalue weighted by Gasteiger charge is 2.34. The highest BCUT2D eigenvalue weighted by molar-refractivity contribution is 5.85. The zero-order valence-electron chi connectivity index (χ0n) is 29.9. The first-order valence-corrected chi connectivity index (χ1v) is 16.3. The highest BCUT2D eigenvalue weighted by Crippen LogP contribution is 2.38. The van der Waals surface area contributed by atoms with E-state index in [4.69, 9.17) is 19.9 Å². The van der Waals surface area contributed by atoms with Crippen LogP contribution >= 0.6 is 0 Å². The molecule has 5 rings (SSSR count). The van der Waals surface area contributed by atoms with Crippen molar-refractivity contribution in [2.75, 3.05) is 20.6 Å². The summed E-state index contributed by atoms with van der Waals surface area (Å²) in [4.78, 5) is 23.4. The van der Waals surface area contributed by atoms with Gasteiger partial charge in [-0.05, 0) is 44.3 Å². The molecule has 7 heteroatoms. The number of nitrogens with zero attached hydrogens (tertiary/aromatic N) is 7. The van der Waals surface area contributed by atoms with Crippen molar-refractivity contribution in [2.24, 2.45) is 0 Å². The normalized spacial score (nSPS) is 13.5. The number of hydrogen-bond donors (Lipinski definition) is 0. The maximum Gasteiger partial charge on any atom is 0.148 e. The van der Waals surface area contributed by atoms with Crippen LogP contribution < -0.4 is 0 Å². The van der Waals surface area contributed by atoms with Gasteiger partial charge in [0.1, 0.15) is 22.9 Å². The summed E-state index contributed by atoms with van der Waals surface area (Å²) in [5.74, 6) is 1.75. The van der Waals surface area contributed by atoms with Gasteiger partial charge in [0.15, 0.2) is 0 Å². The maximum atomic E-state index is 5.34. The predicted octanol–water partition coefficient (Wildman–Crippen LogP) is 8.14. The molecule has 0 unspecified atom stereocenters. The Morgan fingerprint density at radius 2 is 1.27 bits per heavy atom. The van der Waals surface area contributed by atoms with E-state index in [1.54, 1.807) is 0 Å². The quantitative estimate of drug-likeness (QED) is 0.187. The molecule has 4 aromatic heterocycles. The molecule has 1 aromatic carbocycles. The van der Waals surface area contributed by atoms with Crippen LogP contribution in [-0.2, 0) is 34.6 Å². The lowest BCUT2D eigenvalue weighted by Gasteiger charge is -2.28. The molecule has 240 valence electrons. The van der Waals surface area contributed by atoms with Crippen LogP contribution in [0.2, 0.25) is 0 Å². The van der Waals surface area contributed by atoms with Crippen LogP contribution in [0.3, 0.4) is 0 Å². The fourth-order valence-electron chi connectivity index (χ4n) is 6.00. The largest absolute Gasteiger partial charge is 0.331 e. The smallest absolute Gasteiger partial charge is 0.148 e. The molecule has 0 fully saturated rings. The van der Waals surface area contributed by atoms with Crippen LogP contribution in [-0.4, -0.2) is 54.6 Å². The zero-order valence-corrected chi connectivity index (χ0v) is 29.9. The molecule has 0 atom stereocenters. The minimum atomic E-state index is -0.363. The van der Waals surface area contributed by atoms with Gasteiger partial charge in [-0.1, -0.05) is 94.4 Å². The van der Waals surface area contributed by atoms with E-state index in [9.17, 15) is 0 Å². The molecular formula is C38H53N7. The molecule has 0 spiro atoms. The molecule has 0 aliphatic rings. The van der Waals surface area contributed by atoms with E-state index in [0.717, 1.165) is 64.9 Å². The second kappa shape index (κ2) is 11.3. The van der Waals surface area contributed by atoms with E-state index in [0.29, 0.717) is 0 Å². The average Bonchev–Trinajstić information content (AvgIpc) is 3.51. The summed E-state index contributed by atoms with van der Waals surface area (Å²) in [6.07, 6.45) is 5.21. The topological polar surface area (TPSA) is 64.7 Å². The van der Waals surface area contributed by atoms with Crippen molar-refractivity contribution in [3.8, 4) is 5.69 Å². The fourth-order valence-corrected chi connectivity index (χ4v) is 6.00. The predicted molar refractivity (Wildman–Crippen MR) is 188 cm³/mol. The lowest BCUT2D eigenvalue weighted by atomic mass is 9.81. The van der Waals surface area contributed by atoms with Gasteiger partial charge in [0.05, 0.1) is 11.4 Å². The molecule has 0 amide bonds. The number of benzene rings is 1. The first kappa shape index (κ1) is 32.8. The molecule has 0 aliphatic heterocycles. The lowest BCUT2D eigenvalue weighted by Crippen LogP contribution is -2.27. The average molecular weight is 608 g/mol. The van der Waals surface area contributed by atoms with Gasteiger partial charge in [-0.2, -0.15) is 0 Å². The molecule has 0 bridgehead atoms. The van der Waals surface area contributed by atoms with Crippen molar-refractivity contribution in [3.63, 3.8) is 0 Å². The second-order valence-corrected chi connectivity index (χ2v) is 16.7. The Labute approximate surface area is 270 Å². The van der Waals surface area contributed by atoms with E-state index in [1.165, 1.54) is 10.9 Å². The van der Waals surface area contributed by atoms with E-state index >= 15 is 0 Å². The first-order valence-electron chi connectivity index (χ1n) is 16.3. The van der Waals surface area contributed by atoms with Gasteiger partial charge in [-0.3, -0.25) is 0 Å². The summed E-state index contributed by atoms with van der Waals surface area (Å²) in [5, 5.41) is 2.27. The molecule has 0 saturated carbocycles. The lowest BCUT2D eigenvalue weighted by molar-refractivity contribution is 0.385. The van der Waals surface area contributed by atoms with E-state index < -0.39 is 0 Å². The minimum absolute atomic E-state index is 0.145. The van der Waals surface area contributed by atoms with Gasteiger partial charge < -0.3 is 14.0 Å². The minimum Gasteiger partial charge on any atom is -0.331 e. The van der Waals surface area contributed by atoms with Crippen LogP contribution in [0.4, 0.5) is 0 Å². The third-order valence-corrected chi connectivity index (χ3v) is 8.49. The van der Waals surface area contributed by atoms with Crippen molar-refractivity contribution < 1.29 is 0 Å². The molecule has 0 radical (unpaired) electrons. The van der Waals surface area contributed by atoms with Crippen LogP contribution in [0, 0.1) is 0 Å². The molecule has 0 saturated heterocycles. The van der Waals surface area contributed by atoms with Crippen LogP contribution in [0.25, 0.3) is 27.8 Å². The van der Waals surface area contributed by atoms with Crippen molar-refractivity contribution >= 4 is 22.1 Å². The molecule has 0 N–H and O–H groups in total. The van der Waals surface area contributed by atoms with Gasteiger partial charge >= 0.3 is 0 Å². The van der Waals surface area contributed by atoms with Crippen LogP contribution in [0.15, 0.2) is 48.8 Å². The molecule has 0 aliphatic carbocycles. The summed E-state index contributed by atoms with van der Waals surface area (Å²) < 4.78 is 4.54. The van der Waals surface area contributed by atoms with Crippen molar-refractivity contribution in [1.29, 1.82) is 0 Å². The zero-order chi connectivity index (χ0) is 33.1. The first-order chi connectivity index (χ1) is 20.8. The van der Waals surface area contributed by atoms with E-state index in [1.807, 2.05) is 6.07 Å². The Morgan fingerprint density at radius 1 is 0.667 bits per heavy atom. The Kier molecular flexibility index (Phi) is 8.27. The standard InChI is InChI=1S/C38H53N7/c1-35(2,3)29-27-19-20-45(26-17-15-14-16-18-26)31(27)41-34(39-29)38(10,11)23-25-24-44(22-21-43(12)13)32-28(25)30(36(4,5)6)40-33(42-32)37(7,8)9/h14-20,24H,21-23H2,1-13H3. The van der Waals surface area contributed by atoms with Gasteiger partial charge in [-0.25, -0.2) is 19.9 Å². The van der Waals surface area contributed by atoms with Gasteiger partial charge in [0.2, 0.25) is 0 Å². The monoisotopic (exact) mass is 607 g/mol. The third-order valence-electron chi connectivity index (χ3n) is 8.49. The maximum absolute atomic E-state index is 5.34. The van der Waals surface area contributed by atoms with Crippen LogP contribution in [0.5, 0.6) is 0 Å². The molecule has 7 nitrogen and oxygen atoms in total. The Balaban J connectivity index is 1.72. The SMILES string of the molecule is CN(C)CCn1cc(CC(C)(C)c2nc(C(C)(C)C)c3ccn(-c4ccccc4)c3n2)c2c(C(C)(C)C)nc(C(C)(C)C)nc21. The number of para-hydroxylation sites is 1. The molecule has 4 heterocycles. The Hall–Kier alpha value is -3.58. The fraction of sp³-hybridized carbons (Fsp3) is 0.526. The molecule has 5 aromatic rings. The van der Waals surface area contributed by atoms with Gasteiger partial charge in [0, 0.05) is 63.6 Å². The summed E-state index contributed by atoms with van der Waals surface area (Å²) in [6, 6.07) is 12.6. The number of hydrogen-bond acceptors (Lipinski definition) is 5. The molecule has 45 heavy (non-hydrogen) atoms. The van der Waals surface area contributed by atoms with Crippen molar-refractivity contribution in [2.45, 2.75) is 111 Å². The van der Waals surface area contributed by atoms with Crippen LogP contribution in [0.1, 0.15) is 105 Å². The van der Waals surface area contributed by atoms with Gasteiger partial charge in [-0.15, -0.1) is 0 Å².